The van der Waals surface area contributed by atoms with Gasteiger partial charge in [0.15, 0.2) is 0 Å². The number of carbonyl (C=O) groups excluding carboxylic acids is 1. The van der Waals surface area contributed by atoms with E-state index in [0.29, 0.717) is 17.0 Å². The Bertz CT molecular complexity index is 698. The van der Waals surface area contributed by atoms with Crippen molar-refractivity contribution in [2.45, 2.75) is 19.6 Å². The van der Waals surface area contributed by atoms with Gasteiger partial charge in [-0.15, -0.1) is 0 Å². The minimum absolute atomic E-state index is 0.182. The highest BCUT2D eigenvalue weighted by molar-refractivity contribution is 7.83. The topological polar surface area (TPSA) is 59.1 Å². The lowest BCUT2D eigenvalue weighted by Gasteiger charge is -2.12. The molecule has 0 spiro atoms. The van der Waals surface area contributed by atoms with Gasteiger partial charge in [-0.25, -0.2) is 0 Å². The second-order valence-electron chi connectivity index (χ2n) is 4.90. The normalized spacial score (nSPS) is 12.0. The highest BCUT2D eigenvalue weighted by Crippen LogP contribution is 2.21. The largest absolute Gasteiger partial charge is 0.322 e. The summed E-state index contributed by atoms with van der Waals surface area (Å²) in [4.78, 5) is 16.4. The molecule has 2 rings (SSSR count). The molecule has 21 heavy (non-hydrogen) atoms. The average molecular weight is 302 g/mol. The lowest BCUT2D eigenvalue weighted by Crippen LogP contribution is -2.15. The van der Waals surface area contributed by atoms with E-state index in [4.69, 9.17) is 0 Å². The van der Waals surface area contributed by atoms with E-state index < -0.39 is 10.8 Å². The monoisotopic (exact) mass is 302 g/mol. The van der Waals surface area contributed by atoms with Crippen LogP contribution in [0.5, 0.6) is 0 Å². The van der Waals surface area contributed by atoms with Gasteiger partial charge in [0.2, 0.25) is 0 Å². The lowest BCUT2D eigenvalue weighted by atomic mass is 10.1. The van der Waals surface area contributed by atoms with Gasteiger partial charge in [-0.2, -0.15) is 0 Å². The predicted octanol–water partition coefficient (Wildman–Crippen LogP) is 2.83. The molecule has 110 valence electrons. The van der Waals surface area contributed by atoms with Crippen molar-refractivity contribution >= 4 is 22.4 Å². The first-order chi connectivity index (χ1) is 9.99. The molecule has 0 saturated heterocycles. The van der Waals surface area contributed by atoms with Crippen molar-refractivity contribution in [1.29, 1.82) is 0 Å². The third kappa shape index (κ3) is 3.76. The summed E-state index contributed by atoms with van der Waals surface area (Å²) in [5.41, 5.74) is 3.92. The van der Waals surface area contributed by atoms with E-state index in [1.54, 1.807) is 31.5 Å². The van der Waals surface area contributed by atoms with Gasteiger partial charge in [0.1, 0.15) is 0 Å². The zero-order valence-corrected chi connectivity index (χ0v) is 13.2. The van der Waals surface area contributed by atoms with Gasteiger partial charge in [-0.05, 0) is 43.2 Å². The zero-order valence-electron chi connectivity index (χ0n) is 12.3. The lowest BCUT2D eigenvalue weighted by molar-refractivity contribution is 0.102. The fraction of sp³-hybridized carbons (Fsp3) is 0.250. The fourth-order valence-electron chi connectivity index (χ4n) is 2.11. The van der Waals surface area contributed by atoms with Gasteiger partial charge in [-0.3, -0.25) is 14.0 Å². The number of hydrogen-bond acceptors (Lipinski definition) is 3. The fourth-order valence-corrected chi connectivity index (χ4v) is 2.86. The first-order valence-corrected chi connectivity index (χ1v) is 8.33. The maximum absolute atomic E-state index is 12.3. The van der Waals surface area contributed by atoms with E-state index in [-0.39, 0.29) is 5.91 Å². The van der Waals surface area contributed by atoms with Gasteiger partial charge >= 0.3 is 0 Å². The highest BCUT2D eigenvalue weighted by atomic mass is 32.2. The molecule has 5 heteroatoms. The maximum atomic E-state index is 12.3. The number of amides is 1. The molecule has 1 aromatic heterocycles. The van der Waals surface area contributed by atoms with Gasteiger partial charge in [0.05, 0.1) is 5.56 Å². The molecule has 0 aliphatic rings. The van der Waals surface area contributed by atoms with Crippen LogP contribution in [0.15, 0.2) is 36.5 Å². The van der Waals surface area contributed by atoms with Gasteiger partial charge in [-0.1, -0.05) is 12.1 Å². The number of hydrogen-bond donors (Lipinski definition) is 1. The number of rotatable bonds is 4. The summed E-state index contributed by atoms with van der Waals surface area (Å²) >= 11 is 0. The highest BCUT2D eigenvalue weighted by Gasteiger charge is 2.12. The number of benzene rings is 1. The van der Waals surface area contributed by atoms with E-state index in [0.717, 1.165) is 16.8 Å². The van der Waals surface area contributed by atoms with E-state index in [1.807, 2.05) is 25.1 Å². The summed E-state index contributed by atoms with van der Waals surface area (Å²) in [6.07, 6.45) is 3.33. The van der Waals surface area contributed by atoms with Gasteiger partial charge < -0.3 is 5.32 Å². The molecule has 2 aromatic rings. The second kappa shape index (κ2) is 6.63. The summed E-state index contributed by atoms with van der Waals surface area (Å²) in [6.45, 7) is 3.73. The average Bonchev–Trinajstić information content (AvgIpc) is 2.43. The Morgan fingerprint density at radius 3 is 2.67 bits per heavy atom. The molecule has 0 unspecified atom stereocenters. The molecule has 0 aliphatic heterocycles. The first-order valence-electron chi connectivity index (χ1n) is 6.60. The smallest absolute Gasteiger partial charge is 0.257 e. The Balaban J connectivity index is 2.26. The SMILES string of the molecule is Cc1ncccc1C(=O)Nc1cccc(C[S@@](C)=O)c1C. The van der Waals surface area contributed by atoms with E-state index in [1.165, 1.54) is 0 Å². The number of aryl methyl sites for hydroxylation is 1. The molecule has 0 saturated carbocycles. The minimum Gasteiger partial charge on any atom is -0.322 e. The Kier molecular flexibility index (Phi) is 4.85. The van der Waals surface area contributed by atoms with Crippen molar-refractivity contribution in [3.63, 3.8) is 0 Å². The quantitative estimate of drug-likeness (QED) is 0.944. The minimum atomic E-state index is -0.910. The Morgan fingerprint density at radius 1 is 1.24 bits per heavy atom. The predicted molar refractivity (Wildman–Crippen MR) is 85.9 cm³/mol. The number of nitrogens with zero attached hydrogens (tertiary/aromatic N) is 1. The van der Waals surface area contributed by atoms with Gasteiger partial charge in [0.25, 0.3) is 5.91 Å². The van der Waals surface area contributed by atoms with Crippen LogP contribution >= 0.6 is 0 Å². The summed E-state index contributed by atoms with van der Waals surface area (Å²) in [5, 5.41) is 2.90. The summed E-state index contributed by atoms with van der Waals surface area (Å²) in [6, 6.07) is 9.13. The van der Waals surface area contributed by atoms with E-state index in [9.17, 15) is 9.00 Å². The molecule has 1 heterocycles. The number of anilines is 1. The second-order valence-corrected chi connectivity index (χ2v) is 6.33. The van der Waals surface area contributed by atoms with Crippen molar-refractivity contribution in [3.8, 4) is 0 Å². The number of aromatic nitrogens is 1. The summed E-state index contributed by atoms with van der Waals surface area (Å²) in [7, 11) is -0.910. The van der Waals surface area contributed by atoms with Crippen LogP contribution in [-0.4, -0.2) is 21.4 Å². The van der Waals surface area contributed by atoms with E-state index in [2.05, 4.69) is 10.3 Å². The molecule has 0 radical (unpaired) electrons. The van der Waals surface area contributed by atoms with Crippen molar-refractivity contribution in [2.75, 3.05) is 11.6 Å². The first kappa shape index (κ1) is 15.4. The molecule has 1 aromatic carbocycles. The third-order valence-electron chi connectivity index (χ3n) is 3.30. The van der Waals surface area contributed by atoms with Crippen molar-refractivity contribution in [1.82, 2.24) is 4.98 Å². The number of pyridine rings is 1. The molecule has 4 nitrogen and oxygen atoms in total. The maximum Gasteiger partial charge on any atom is 0.257 e. The number of carbonyl (C=O) groups is 1. The third-order valence-corrected chi connectivity index (χ3v) is 4.02. The molecular weight excluding hydrogens is 284 g/mol. The van der Waals surface area contributed by atoms with E-state index >= 15 is 0 Å². The molecule has 0 aliphatic carbocycles. The van der Waals surface area contributed by atoms with Gasteiger partial charge in [0, 0.05) is 40.4 Å². The Morgan fingerprint density at radius 2 is 2.00 bits per heavy atom. The van der Waals surface area contributed by atoms with Crippen LogP contribution in [0.3, 0.4) is 0 Å². The van der Waals surface area contributed by atoms with Crippen LogP contribution < -0.4 is 5.32 Å². The summed E-state index contributed by atoms with van der Waals surface area (Å²) < 4.78 is 11.4. The van der Waals surface area contributed by atoms with Crippen molar-refractivity contribution < 1.29 is 9.00 Å². The molecular formula is C16H18N2O2S. The standard InChI is InChI=1S/C16H18N2O2S/c1-11-13(10-21(3)20)6-4-8-15(11)18-16(19)14-7-5-9-17-12(14)2/h4-9H,10H2,1-3H3,(H,18,19)/t21-/m1/s1. The zero-order chi connectivity index (χ0) is 15.4. The van der Waals surface area contributed by atoms with Crippen LogP contribution in [0.4, 0.5) is 5.69 Å². The molecule has 1 atom stereocenters. The molecule has 0 fully saturated rings. The van der Waals surface area contributed by atoms with Crippen molar-refractivity contribution in [2.24, 2.45) is 0 Å². The Hall–Kier alpha value is -2.01. The van der Waals surface area contributed by atoms with Crippen molar-refractivity contribution in [3.05, 3.63) is 58.9 Å². The van der Waals surface area contributed by atoms with Crippen LogP contribution in [-0.2, 0) is 16.6 Å². The van der Waals surface area contributed by atoms with Crippen LogP contribution in [0.2, 0.25) is 0 Å². The molecule has 0 bridgehead atoms. The molecule has 1 N–H and O–H groups in total. The number of nitrogens with one attached hydrogen (secondary N) is 1. The van der Waals surface area contributed by atoms with Crippen LogP contribution in [0.1, 0.15) is 27.2 Å². The Labute approximate surface area is 127 Å². The molecule has 1 amide bonds. The van der Waals surface area contributed by atoms with Crippen LogP contribution in [0.25, 0.3) is 0 Å². The summed E-state index contributed by atoms with van der Waals surface area (Å²) in [5.74, 6) is 0.306. The van der Waals surface area contributed by atoms with Crippen LogP contribution in [0, 0.1) is 13.8 Å².